The van der Waals surface area contributed by atoms with E-state index in [9.17, 15) is 4.79 Å². The summed E-state index contributed by atoms with van der Waals surface area (Å²) in [6.07, 6.45) is 4.08. The molecule has 0 radical (unpaired) electrons. The number of carbonyl (C=O) groups excluding carboxylic acids is 1. The third-order valence-corrected chi connectivity index (χ3v) is 2.63. The normalized spacial score (nSPS) is 10.3. The molecule has 0 aliphatic heterocycles. The minimum atomic E-state index is -0.157. The first-order valence-corrected chi connectivity index (χ1v) is 5.91. The largest absolute Gasteiger partial charge is 0.352 e. The van der Waals surface area contributed by atoms with Crippen LogP contribution < -0.4 is 5.32 Å². The molecule has 0 aromatic carbocycles. The van der Waals surface area contributed by atoms with Gasteiger partial charge in [-0.25, -0.2) is 4.98 Å². The van der Waals surface area contributed by atoms with Crippen molar-refractivity contribution in [1.82, 2.24) is 20.1 Å². The topological polar surface area (TPSA) is 59.8 Å². The Labute approximate surface area is 110 Å². The third-order valence-electron chi connectivity index (χ3n) is 2.42. The van der Waals surface area contributed by atoms with Gasteiger partial charge >= 0.3 is 0 Å². The molecule has 18 heavy (non-hydrogen) atoms. The molecule has 2 aromatic heterocycles. The number of nitrogens with zero attached hydrogens (tertiary/aromatic N) is 3. The minimum Gasteiger partial charge on any atom is -0.352 e. The van der Waals surface area contributed by atoms with Gasteiger partial charge in [0.15, 0.2) is 0 Å². The second kappa shape index (κ2) is 5.64. The van der Waals surface area contributed by atoms with E-state index in [-0.39, 0.29) is 5.91 Å². The smallest absolute Gasteiger partial charge is 0.251 e. The van der Waals surface area contributed by atoms with E-state index >= 15 is 0 Å². The van der Waals surface area contributed by atoms with Gasteiger partial charge in [-0.15, -0.1) is 0 Å². The molecule has 0 atom stereocenters. The Morgan fingerprint density at radius 3 is 3.00 bits per heavy atom. The molecule has 0 unspecified atom stereocenters. The van der Waals surface area contributed by atoms with E-state index in [1.807, 2.05) is 19.3 Å². The van der Waals surface area contributed by atoms with E-state index in [1.54, 1.807) is 10.7 Å². The predicted octanol–water partition coefficient (Wildman–Crippen LogP) is 1.44. The number of amides is 1. The van der Waals surface area contributed by atoms with Gasteiger partial charge < -0.3 is 5.32 Å². The van der Waals surface area contributed by atoms with Crippen molar-refractivity contribution in [1.29, 1.82) is 0 Å². The maximum atomic E-state index is 11.8. The lowest BCUT2D eigenvalue weighted by Crippen LogP contribution is -2.25. The zero-order valence-electron chi connectivity index (χ0n) is 9.93. The average Bonchev–Trinajstić information content (AvgIpc) is 2.75. The molecule has 5 nitrogen and oxygen atoms in total. The van der Waals surface area contributed by atoms with Crippen LogP contribution in [0.5, 0.6) is 0 Å². The van der Waals surface area contributed by atoms with Crippen LogP contribution in [0.15, 0.2) is 30.6 Å². The summed E-state index contributed by atoms with van der Waals surface area (Å²) in [6, 6.07) is 5.09. The molecule has 2 aromatic rings. The maximum Gasteiger partial charge on any atom is 0.251 e. The number of hydrogen-bond donors (Lipinski definition) is 1. The molecular weight excluding hydrogens is 252 g/mol. The first-order chi connectivity index (χ1) is 8.65. The summed E-state index contributed by atoms with van der Waals surface area (Å²) in [5.41, 5.74) is 1.46. The van der Waals surface area contributed by atoms with Gasteiger partial charge in [0.2, 0.25) is 0 Å². The number of rotatable bonds is 4. The molecule has 0 saturated heterocycles. The van der Waals surface area contributed by atoms with Gasteiger partial charge in [-0.05, 0) is 18.2 Å². The molecule has 0 fully saturated rings. The molecule has 6 heteroatoms. The van der Waals surface area contributed by atoms with Crippen LogP contribution in [0.2, 0.25) is 5.15 Å². The fourth-order valence-electron chi connectivity index (χ4n) is 1.55. The molecule has 94 valence electrons. The first kappa shape index (κ1) is 12.6. The van der Waals surface area contributed by atoms with Crippen LogP contribution >= 0.6 is 11.6 Å². The Kier molecular flexibility index (Phi) is 3.94. The van der Waals surface area contributed by atoms with Crippen LogP contribution in [0.4, 0.5) is 0 Å². The van der Waals surface area contributed by atoms with E-state index in [4.69, 9.17) is 11.6 Å². The van der Waals surface area contributed by atoms with Crippen molar-refractivity contribution in [3.05, 3.63) is 47.0 Å². The van der Waals surface area contributed by atoms with Crippen LogP contribution in [0.3, 0.4) is 0 Å². The number of halogens is 1. The SMILES string of the molecule is Cn1ccc(CCNC(=O)c2ccnc(Cl)c2)n1. The molecule has 2 rings (SSSR count). The summed E-state index contributed by atoms with van der Waals surface area (Å²) in [5, 5.41) is 7.35. The zero-order chi connectivity index (χ0) is 13.0. The van der Waals surface area contributed by atoms with Crippen LogP contribution in [0, 0.1) is 0 Å². The Morgan fingerprint density at radius 1 is 1.50 bits per heavy atom. The highest BCUT2D eigenvalue weighted by molar-refractivity contribution is 6.29. The summed E-state index contributed by atoms with van der Waals surface area (Å²) >= 11 is 5.72. The number of carbonyl (C=O) groups is 1. The van der Waals surface area contributed by atoms with Gasteiger partial charge in [0, 0.05) is 38.0 Å². The van der Waals surface area contributed by atoms with Crippen molar-refractivity contribution in [2.24, 2.45) is 7.05 Å². The number of pyridine rings is 1. The van der Waals surface area contributed by atoms with E-state index in [0.717, 1.165) is 5.69 Å². The summed E-state index contributed by atoms with van der Waals surface area (Å²) in [4.78, 5) is 15.6. The molecule has 0 aliphatic carbocycles. The number of aromatic nitrogens is 3. The second-order valence-corrected chi connectivity index (χ2v) is 4.24. The Balaban J connectivity index is 1.85. The molecule has 0 bridgehead atoms. The number of aryl methyl sites for hydroxylation is 1. The van der Waals surface area contributed by atoms with E-state index < -0.39 is 0 Å². The van der Waals surface area contributed by atoms with Crippen molar-refractivity contribution in [2.75, 3.05) is 6.54 Å². The highest BCUT2D eigenvalue weighted by Gasteiger charge is 2.06. The molecule has 2 heterocycles. The molecule has 1 amide bonds. The zero-order valence-corrected chi connectivity index (χ0v) is 10.7. The van der Waals surface area contributed by atoms with E-state index in [2.05, 4.69) is 15.4 Å². The minimum absolute atomic E-state index is 0.157. The van der Waals surface area contributed by atoms with Crippen LogP contribution in [-0.2, 0) is 13.5 Å². The van der Waals surface area contributed by atoms with Crippen LogP contribution in [0.25, 0.3) is 0 Å². The number of hydrogen-bond acceptors (Lipinski definition) is 3. The summed E-state index contributed by atoms with van der Waals surface area (Å²) in [7, 11) is 1.86. The lowest BCUT2D eigenvalue weighted by molar-refractivity contribution is 0.0954. The Hall–Kier alpha value is -1.88. The van der Waals surface area contributed by atoms with E-state index in [0.29, 0.717) is 23.7 Å². The van der Waals surface area contributed by atoms with Crippen molar-refractivity contribution >= 4 is 17.5 Å². The molecule has 1 N–H and O–H groups in total. The fourth-order valence-corrected chi connectivity index (χ4v) is 1.72. The Bertz CT molecular complexity index is 553. The molecule has 0 aliphatic rings. The maximum absolute atomic E-state index is 11.8. The van der Waals surface area contributed by atoms with Gasteiger partial charge in [0.05, 0.1) is 5.69 Å². The van der Waals surface area contributed by atoms with Crippen LogP contribution in [-0.4, -0.2) is 27.2 Å². The summed E-state index contributed by atoms with van der Waals surface area (Å²) < 4.78 is 1.74. The average molecular weight is 265 g/mol. The third kappa shape index (κ3) is 3.30. The van der Waals surface area contributed by atoms with Gasteiger partial charge in [-0.1, -0.05) is 11.6 Å². The summed E-state index contributed by atoms with van der Waals surface area (Å²) in [6.45, 7) is 0.537. The molecular formula is C12H13ClN4O. The standard InChI is InChI=1S/C12H13ClN4O/c1-17-7-4-10(16-17)3-6-15-12(18)9-2-5-14-11(13)8-9/h2,4-5,7-8H,3,6H2,1H3,(H,15,18). The first-order valence-electron chi connectivity index (χ1n) is 5.53. The van der Waals surface area contributed by atoms with Gasteiger partial charge in [-0.2, -0.15) is 5.10 Å². The van der Waals surface area contributed by atoms with Crippen LogP contribution in [0.1, 0.15) is 16.1 Å². The van der Waals surface area contributed by atoms with Crippen molar-refractivity contribution in [3.8, 4) is 0 Å². The molecule has 0 spiro atoms. The fraction of sp³-hybridized carbons (Fsp3) is 0.250. The monoisotopic (exact) mass is 264 g/mol. The Morgan fingerprint density at radius 2 is 2.33 bits per heavy atom. The second-order valence-electron chi connectivity index (χ2n) is 3.85. The quantitative estimate of drug-likeness (QED) is 0.850. The van der Waals surface area contributed by atoms with E-state index in [1.165, 1.54) is 12.3 Å². The van der Waals surface area contributed by atoms with Gasteiger partial charge in [-0.3, -0.25) is 9.48 Å². The highest BCUT2D eigenvalue weighted by Crippen LogP contribution is 2.06. The highest BCUT2D eigenvalue weighted by atomic mass is 35.5. The lowest BCUT2D eigenvalue weighted by atomic mass is 10.2. The van der Waals surface area contributed by atoms with Crippen molar-refractivity contribution < 1.29 is 4.79 Å². The predicted molar refractivity (Wildman–Crippen MR) is 68.5 cm³/mol. The van der Waals surface area contributed by atoms with Crippen molar-refractivity contribution in [2.45, 2.75) is 6.42 Å². The van der Waals surface area contributed by atoms with Crippen molar-refractivity contribution in [3.63, 3.8) is 0 Å². The van der Waals surface area contributed by atoms with Gasteiger partial charge in [0.1, 0.15) is 5.15 Å². The lowest BCUT2D eigenvalue weighted by Gasteiger charge is -2.03. The molecule has 0 saturated carbocycles. The van der Waals surface area contributed by atoms with Gasteiger partial charge in [0.25, 0.3) is 5.91 Å². The summed E-state index contributed by atoms with van der Waals surface area (Å²) in [5.74, 6) is -0.157. The number of nitrogens with one attached hydrogen (secondary N) is 1.